The Kier molecular flexibility index (Phi) is 5.57. The molecule has 1 N–H and O–H groups in total. The third kappa shape index (κ3) is 4.71. The average Bonchev–Trinajstić information content (AvgIpc) is 2.93. The number of hydrogen-bond acceptors (Lipinski definition) is 5. The van der Waals surface area contributed by atoms with E-state index in [1.165, 1.54) is 18.4 Å². The van der Waals surface area contributed by atoms with Crippen molar-refractivity contribution < 1.29 is 19.1 Å². The molecule has 2 aromatic rings. The molecule has 0 radical (unpaired) electrons. The maximum atomic E-state index is 12.0. The number of thiophene rings is 1. The zero-order valence-corrected chi connectivity index (χ0v) is 14.1. The summed E-state index contributed by atoms with van der Waals surface area (Å²) < 4.78 is 10.8. The first kappa shape index (κ1) is 15.8. The summed E-state index contributed by atoms with van der Waals surface area (Å²) in [6.07, 6.45) is 0. The largest absolute Gasteiger partial charge is 0.482 e. The fraction of sp³-hybridized carbons (Fsp3) is 0.143. The van der Waals surface area contributed by atoms with Crippen molar-refractivity contribution in [2.75, 3.05) is 19.0 Å². The van der Waals surface area contributed by atoms with Gasteiger partial charge in [0.1, 0.15) is 5.75 Å². The van der Waals surface area contributed by atoms with E-state index in [1.54, 1.807) is 24.3 Å². The molecule has 0 aliphatic carbocycles. The number of benzene rings is 1. The number of carbonyl (C=O) groups is 2. The van der Waals surface area contributed by atoms with Gasteiger partial charge in [-0.05, 0) is 52.9 Å². The quantitative estimate of drug-likeness (QED) is 0.600. The number of amides is 1. The van der Waals surface area contributed by atoms with Gasteiger partial charge in [-0.3, -0.25) is 4.79 Å². The number of anilines is 1. The maximum absolute atomic E-state index is 12.0. The predicted molar refractivity (Wildman–Crippen MR) is 88.9 cm³/mol. The standard InChI is InChI=1S/C14H12INO4S/c1-19-13(17)7-20-11-4-2-10(3-5-11)16-14(18)9-6-12(15)21-8-9/h2-6,8H,7H2,1H3,(H,16,18). The molecule has 7 heteroatoms. The molecule has 1 heterocycles. The molecule has 21 heavy (non-hydrogen) atoms. The zero-order valence-electron chi connectivity index (χ0n) is 11.1. The Morgan fingerprint density at radius 2 is 2.00 bits per heavy atom. The topological polar surface area (TPSA) is 64.6 Å². The van der Waals surface area contributed by atoms with Gasteiger partial charge in [-0.15, -0.1) is 11.3 Å². The van der Waals surface area contributed by atoms with Crippen LogP contribution in [0.25, 0.3) is 0 Å². The summed E-state index contributed by atoms with van der Waals surface area (Å²) >= 11 is 3.69. The van der Waals surface area contributed by atoms with Crippen LogP contribution >= 0.6 is 33.9 Å². The summed E-state index contributed by atoms with van der Waals surface area (Å²) in [4.78, 5) is 22.9. The highest BCUT2D eigenvalue weighted by Gasteiger charge is 2.08. The molecule has 0 fully saturated rings. The van der Waals surface area contributed by atoms with E-state index in [4.69, 9.17) is 4.74 Å². The van der Waals surface area contributed by atoms with E-state index in [2.05, 4.69) is 32.6 Å². The van der Waals surface area contributed by atoms with Crippen molar-refractivity contribution >= 4 is 51.5 Å². The summed E-state index contributed by atoms with van der Waals surface area (Å²) in [5.74, 6) is -0.0692. The predicted octanol–water partition coefficient (Wildman–Crippen LogP) is 3.16. The van der Waals surface area contributed by atoms with Crippen LogP contribution in [-0.2, 0) is 9.53 Å². The molecule has 1 amide bonds. The Labute approximate surface area is 139 Å². The molecule has 0 saturated carbocycles. The monoisotopic (exact) mass is 417 g/mol. The van der Waals surface area contributed by atoms with Crippen molar-refractivity contribution in [1.82, 2.24) is 0 Å². The molecule has 5 nitrogen and oxygen atoms in total. The maximum Gasteiger partial charge on any atom is 0.343 e. The van der Waals surface area contributed by atoms with Crippen LogP contribution in [0.1, 0.15) is 10.4 Å². The fourth-order valence-electron chi connectivity index (χ4n) is 1.47. The van der Waals surface area contributed by atoms with E-state index in [0.29, 0.717) is 17.0 Å². The van der Waals surface area contributed by atoms with Crippen molar-refractivity contribution in [2.24, 2.45) is 0 Å². The number of nitrogens with one attached hydrogen (secondary N) is 1. The molecule has 0 bridgehead atoms. The molecular formula is C14H12INO4S. The number of hydrogen-bond donors (Lipinski definition) is 1. The van der Waals surface area contributed by atoms with Gasteiger partial charge in [-0.1, -0.05) is 0 Å². The summed E-state index contributed by atoms with van der Waals surface area (Å²) in [5, 5.41) is 4.60. The van der Waals surface area contributed by atoms with Crippen LogP contribution in [0.3, 0.4) is 0 Å². The lowest BCUT2D eigenvalue weighted by molar-refractivity contribution is -0.142. The molecule has 0 spiro atoms. The van der Waals surface area contributed by atoms with E-state index in [-0.39, 0.29) is 12.5 Å². The summed E-state index contributed by atoms with van der Waals surface area (Å²) in [5.41, 5.74) is 1.29. The molecule has 0 aliphatic heterocycles. The highest BCUT2D eigenvalue weighted by molar-refractivity contribution is 14.1. The highest BCUT2D eigenvalue weighted by Crippen LogP contribution is 2.19. The first-order chi connectivity index (χ1) is 10.1. The smallest absolute Gasteiger partial charge is 0.343 e. The van der Waals surface area contributed by atoms with Crippen molar-refractivity contribution in [3.63, 3.8) is 0 Å². The van der Waals surface area contributed by atoms with Crippen LogP contribution in [-0.4, -0.2) is 25.6 Å². The van der Waals surface area contributed by atoms with E-state index in [0.717, 1.165) is 2.88 Å². The average molecular weight is 417 g/mol. The third-order valence-corrected chi connectivity index (χ3v) is 4.32. The molecule has 0 unspecified atom stereocenters. The minimum Gasteiger partial charge on any atom is -0.482 e. The first-order valence-electron chi connectivity index (χ1n) is 5.93. The Balaban J connectivity index is 1.93. The minimum atomic E-state index is -0.445. The van der Waals surface area contributed by atoms with Gasteiger partial charge in [-0.25, -0.2) is 4.79 Å². The lowest BCUT2D eigenvalue weighted by Crippen LogP contribution is -2.13. The molecule has 110 valence electrons. The summed E-state index contributed by atoms with van der Waals surface area (Å²) in [7, 11) is 1.30. The van der Waals surface area contributed by atoms with E-state index in [9.17, 15) is 9.59 Å². The van der Waals surface area contributed by atoms with Gasteiger partial charge in [0, 0.05) is 11.1 Å². The molecular weight excluding hydrogens is 405 g/mol. The zero-order chi connectivity index (χ0) is 15.2. The Bertz CT molecular complexity index is 639. The van der Waals surface area contributed by atoms with E-state index >= 15 is 0 Å². The third-order valence-electron chi connectivity index (χ3n) is 2.53. The van der Waals surface area contributed by atoms with Gasteiger partial charge >= 0.3 is 5.97 Å². The van der Waals surface area contributed by atoms with E-state index in [1.807, 2.05) is 11.4 Å². The first-order valence-corrected chi connectivity index (χ1v) is 7.89. The number of rotatable bonds is 5. The van der Waals surface area contributed by atoms with Crippen LogP contribution in [0.4, 0.5) is 5.69 Å². The van der Waals surface area contributed by atoms with E-state index < -0.39 is 5.97 Å². The normalized spacial score (nSPS) is 10.0. The van der Waals surface area contributed by atoms with Gasteiger partial charge in [0.05, 0.1) is 15.6 Å². The van der Waals surface area contributed by atoms with Crippen LogP contribution < -0.4 is 10.1 Å². The minimum absolute atomic E-state index is 0.143. The van der Waals surface area contributed by atoms with Gasteiger partial charge in [0.25, 0.3) is 5.91 Å². The fourth-order valence-corrected chi connectivity index (χ4v) is 2.79. The number of ether oxygens (including phenoxy) is 2. The molecule has 2 rings (SSSR count). The van der Waals surface area contributed by atoms with Gasteiger partial charge in [0.2, 0.25) is 0 Å². The molecule has 0 saturated heterocycles. The van der Waals surface area contributed by atoms with Crippen molar-refractivity contribution in [3.8, 4) is 5.75 Å². The molecule has 1 aromatic carbocycles. The number of halogens is 1. The Hall–Kier alpha value is -1.61. The van der Waals surface area contributed by atoms with Crippen LogP contribution in [0.15, 0.2) is 35.7 Å². The van der Waals surface area contributed by atoms with Crippen molar-refractivity contribution in [2.45, 2.75) is 0 Å². The van der Waals surface area contributed by atoms with Gasteiger partial charge < -0.3 is 14.8 Å². The van der Waals surface area contributed by atoms with Crippen molar-refractivity contribution in [3.05, 3.63) is 44.2 Å². The molecule has 1 aromatic heterocycles. The second-order valence-electron chi connectivity index (χ2n) is 3.98. The molecule has 0 atom stereocenters. The Morgan fingerprint density at radius 3 is 2.57 bits per heavy atom. The number of carbonyl (C=O) groups excluding carboxylic acids is 2. The van der Waals surface area contributed by atoms with Crippen molar-refractivity contribution in [1.29, 1.82) is 0 Å². The summed E-state index contributed by atoms with van der Waals surface area (Å²) in [6.45, 7) is -0.143. The van der Waals surface area contributed by atoms with Crippen LogP contribution in [0.2, 0.25) is 0 Å². The molecule has 0 aliphatic rings. The lowest BCUT2D eigenvalue weighted by Gasteiger charge is -2.07. The second-order valence-corrected chi connectivity index (χ2v) is 6.79. The van der Waals surface area contributed by atoms with Gasteiger partial charge in [-0.2, -0.15) is 0 Å². The SMILES string of the molecule is COC(=O)COc1ccc(NC(=O)c2csc(I)c2)cc1. The number of methoxy groups -OCH3 is 1. The lowest BCUT2D eigenvalue weighted by atomic mass is 10.2. The Morgan fingerprint density at radius 1 is 1.29 bits per heavy atom. The highest BCUT2D eigenvalue weighted by atomic mass is 127. The number of esters is 1. The van der Waals surface area contributed by atoms with Crippen LogP contribution in [0.5, 0.6) is 5.75 Å². The summed E-state index contributed by atoms with van der Waals surface area (Å²) in [6, 6.07) is 8.60. The van der Waals surface area contributed by atoms with Gasteiger partial charge in [0.15, 0.2) is 6.61 Å². The van der Waals surface area contributed by atoms with Crippen LogP contribution in [0, 0.1) is 2.88 Å². The second kappa shape index (κ2) is 7.41.